The van der Waals surface area contributed by atoms with Crippen LogP contribution in [-0.4, -0.2) is 69.3 Å². The Morgan fingerprint density at radius 3 is 1.79 bits per heavy atom. The maximum absolute atomic E-state index is 12.2. The molecular formula is C28H39N5O5Si. The van der Waals surface area contributed by atoms with E-state index in [1.54, 1.807) is 12.4 Å². The first-order valence-corrected chi connectivity index (χ1v) is 15.4. The molecule has 0 aromatic carbocycles. The van der Waals surface area contributed by atoms with E-state index in [1.807, 2.05) is 69.3 Å². The third-order valence-electron chi connectivity index (χ3n) is 5.57. The Balaban J connectivity index is 1.44. The van der Waals surface area contributed by atoms with Crippen molar-refractivity contribution >= 4 is 14.8 Å². The summed E-state index contributed by atoms with van der Waals surface area (Å²) in [5.41, 5.74) is 2.91. The highest BCUT2D eigenvalue weighted by Crippen LogP contribution is 2.26. The van der Waals surface area contributed by atoms with Crippen LogP contribution in [0.1, 0.15) is 33.6 Å². The molecule has 0 aliphatic heterocycles. The van der Waals surface area contributed by atoms with Gasteiger partial charge in [0.15, 0.2) is 0 Å². The summed E-state index contributed by atoms with van der Waals surface area (Å²) in [6, 6.07) is 15.6. The van der Waals surface area contributed by atoms with Crippen molar-refractivity contribution in [3.8, 4) is 28.5 Å². The molecule has 0 unspecified atom stereocenters. The third kappa shape index (κ3) is 10.0. The molecule has 3 heterocycles. The zero-order valence-electron chi connectivity index (χ0n) is 23.0. The number of urea groups is 1. The largest absolute Gasteiger partial charge is 0.500 e. The van der Waals surface area contributed by atoms with Crippen LogP contribution in [-0.2, 0) is 13.3 Å². The van der Waals surface area contributed by atoms with Gasteiger partial charge in [-0.2, -0.15) is 0 Å². The molecule has 0 spiro atoms. The van der Waals surface area contributed by atoms with E-state index in [1.165, 1.54) is 0 Å². The second kappa shape index (κ2) is 16.6. The SMILES string of the molecule is CCO[Si](CCCNC(=O)NCCCOc1cc(-c2ccccn2)nc(-c2ccccn2)c1)(OCC)OCC. The molecule has 3 rings (SSSR count). The van der Waals surface area contributed by atoms with E-state index >= 15 is 0 Å². The molecule has 210 valence electrons. The van der Waals surface area contributed by atoms with Crippen molar-refractivity contribution in [3.05, 3.63) is 60.9 Å². The fraction of sp³-hybridized carbons (Fsp3) is 0.429. The number of hydrogen-bond donors (Lipinski definition) is 2. The van der Waals surface area contributed by atoms with Gasteiger partial charge in [-0.3, -0.25) is 9.97 Å². The summed E-state index contributed by atoms with van der Waals surface area (Å²) in [5, 5.41) is 5.76. The molecule has 10 nitrogen and oxygen atoms in total. The van der Waals surface area contributed by atoms with Gasteiger partial charge in [0, 0.05) is 63.5 Å². The average Bonchev–Trinajstić information content (AvgIpc) is 2.96. The van der Waals surface area contributed by atoms with Gasteiger partial charge >= 0.3 is 14.8 Å². The summed E-state index contributed by atoms with van der Waals surface area (Å²) < 4.78 is 23.6. The highest BCUT2D eigenvalue weighted by molar-refractivity contribution is 6.60. The third-order valence-corrected chi connectivity index (χ3v) is 8.72. The molecule has 0 aliphatic rings. The van der Waals surface area contributed by atoms with E-state index < -0.39 is 8.80 Å². The highest BCUT2D eigenvalue weighted by atomic mass is 28.4. The van der Waals surface area contributed by atoms with Gasteiger partial charge < -0.3 is 28.6 Å². The van der Waals surface area contributed by atoms with E-state index in [0.717, 1.165) is 11.4 Å². The Morgan fingerprint density at radius 2 is 1.31 bits per heavy atom. The lowest BCUT2D eigenvalue weighted by Crippen LogP contribution is -2.46. The molecule has 3 aromatic heterocycles. The molecule has 0 saturated carbocycles. The van der Waals surface area contributed by atoms with Crippen LogP contribution in [0.4, 0.5) is 4.79 Å². The van der Waals surface area contributed by atoms with Gasteiger partial charge in [-0.25, -0.2) is 9.78 Å². The number of pyridine rings is 3. The molecule has 3 aromatic rings. The van der Waals surface area contributed by atoms with Crippen LogP contribution in [0.25, 0.3) is 22.8 Å². The Morgan fingerprint density at radius 1 is 0.769 bits per heavy atom. The summed E-state index contributed by atoms with van der Waals surface area (Å²) in [5.74, 6) is 0.668. The van der Waals surface area contributed by atoms with E-state index in [4.69, 9.17) is 23.0 Å². The molecule has 0 fully saturated rings. The normalized spacial score (nSPS) is 11.3. The first-order chi connectivity index (χ1) is 19.1. The molecule has 2 amide bonds. The van der Waals surface area contributed by atoms with Crippen LogP contribution in [0.5, 0.6) is 5.75 Å². The number of rotatable bonds is 17. The molecule has 0 atom stereocenters. The standard InChI is InChI=1S/C28H39N5O5Si/c1-4-36-39(37-5-2,38-6-3)20-12-18-32-28(34)31-17-11-19-35-23-21-26(24-13-7-9-15-29-24)33-27(22-23)25-14-8-10-16-30-25/h7-10,13-16,21-22H,4-6,11-12,17-20H2,1-3H3,(H2,31,32,34). The second-order valence-electron chi connectivity index (χ2n) is 8.47. The number of ether oxygens (including phenoxy) is 1. The zero-order chi connectivity index (χ0) is 27.8. The second-order valence-corrected chi connectivity index (χ2v) is 11.2. The minimum atomic E-state index is -2.69. The first kappa shape index (κ1) is 30.2. The number of carbonyl (C=O) groups is 1. The molecule has 11 heteroatoms. The summed E-state index contributed by atoms with van der Waals surface area (Å²) in [6.07, 6.45) is 4.82. The monoisotopic (exact) mass is 553 g/mol. The Bertz CT molecular complexity index is 1050. The van der Waals surface area contributed by atoms with E-state index in [0.29, 0.717) is 75.5 Å². The maximum Gasteiger partial charge on any atom is 0.500 e. The van der Waals surface area contributed by atoms with Crippen LogP contribution >= 0.6 is 0 Å². The summed E-state index contributed by atoms with van der Waals surface area (Å²) in [7, 11) is -2.69. The summed E-state index contributed by atoms with van der Waals surface area (Å²) in [6.45, 7) is 8.83. The van der Waals surface area contributed by atoms with Crippen LogP contribution in [0.2, 0.25) is 6.04 Å². The van der Waals surface area contributed by atoms with Crippen LogP contribution in [0.15, 0.2) is 60.9 Å². The highest BCUT2D eigenvalue weighted by Gasteiger charge is 2.39. The topological polar surface area (TPSA) is 117 Å². The minimum absolute atomic E-state index is 0.217. The van der Waals surface area contributed by atoms with Gasteiger partial charge in [0.1, 0.15) is 5.75 Å². The van der Waals surface area contributed by atoms with Crippen molar-refractivity contribution in [3.63, 3.8) is 0 Å². The first-order valence-electron chi connectivity index (χ1n) is 13.5. The molecule has 2 N–H and O–H groups in total. The average molecular weight is 554 g/mol. The summed E-state index contributed by atoms with van der Waals surface area (Å²) >= 11 is 0. The van der Waals surface area contributed by atoms with Crippen LogP contribution < -0.4 is 15.4 Å². The smallest absolute Gasteiger partial charge is 0.493 e. The van der Waals surface area contributed by atoms with Crippen molar-refractivity contribution in [2.45, 2.75) is 39.7 Å². The van der Waals surface area contributed by atoms with Gasteiger partial charge in [-0.1, -0.05) is 12.1 Å². The minimum Gasteiger partial charge on any atom is -0.493 e. The van der Waals surface area contributed by atoms with Gasteiger partial charge in [0.2, 0.25) is 0 Å². The number of carbonyl (C=O) groups excluding carboxylic acids is 1. The molecule has 0 saturated heterocycles. The number of aromatic nitrogens is 3. The predicted molar refractivity (Wildman–Crippen MR) is 152 cm³/mol. The Kier molecular flexibility index (Phi) is 12.8. The van der Waals surface area contributed by atoms with Gasteiger partial charge in [-0.15, -0.1) is 0 Å². The fourth-order valence-electron chi connectivity index (χ4n) is 3.91. The number of nitrogens with zero attached hydrogens (tertiary/aromatic N) is 3. The predicted octanol–water partition coefficient (Wildman–Crippen LogP) is 4.71. The molecule has 0 bridgehead atoms. The lowest BCUT2D eigenvalue weighted by Gasteiger charge is -2.28. The van der Waals surface area contributed by atoms with Crippen molar-refractivity contribution in [2.24, 2.45) is 0 Å². The van der Waals surface area contributed by atoms with Crippen LogP contribution in [0, 0.1) is 0 Å². The maximum atomic E-state index is 12.2. The Hall–Kier alpha value is -3.38. The molecule has 39 heavy (non-hydrogen) atoms. The lowest BCUT2D eigenvalue weighted by atomic mass is 10.2. The number of hydrogen-bond acceptors (Lipinski definition) is 8. The lowest BCUT2D eigenvalue weighted by molar-refractivity contribution is 0.0708. The molecule has 0 radical (unpaired) electrons. The number of nitrogens with one attached hydrogen (secondary N) is 2. The van der Waals surface area contributed by atoms with E-state index in [2.05, 4.69) is 20.6 Å². The van der Waals surface area contributed by atoms with Gasteiger partial charge in [0.25, 0.3) is 0 Å². The van der Waals surface area contributed by atoms with Crippen molar-refractivity contribution < 1.29 is 22.8 Å². The van der Waals surface area contributed by atoms with Crippen molar-refractivity contribution in [2.75, 3.05) is 39.5 Å². The molecule has 0 aliphatic carbocycles. The van der Waals surface area contributed by atoms with E-state index in [9.17, 15) is 4.79 Å². The summed E-state index contributed by atoms with van der Waals surface area (Å²) in [4.78, 5) is 25.8. The van der Waals surface area contributed by atoms with Crippen LogP contribution in [0.3, 0.4) is 0 Å². The van der Waals surface area contributed by atoms with Crippen molar-refractivity contribution in [1.82, 2.24) is 25.6 Å². The molecular weight excluding hydrogens is 514 g/mol. The number of amides is 2. The quantitative estimate of drug-likeness (QED) is 0.182. The van der Waals surface area contributed by atoms with Gasteiger partial charge in [0.05, 0.1) is 29.4 Å². The Labute approximate surface area is 231 Å². The van der Waals surface area contributed by atoms with Crippen molar-refractivity contribution in [1.29, 1.82) is 0 Å². The van der Waals surface area contributed by atoms with Gasteiger partial charge in [-0.05, 0) is 57.9 Å². The van der Waals surface area contributed by atoms with E-state index in [-0.39, 0.29) is 6.03 Å². The fourth-order valence-corrected chi connectivity index (χ4v) is 6.53. The zero-order valence-corrected chi connectivity index (χ0v) is 24.0.